The van der Waals surface area contributed by atoms with Crippen LogP contribution in [0, 0.1) is 11.8 Å². The van der Waals surface area contributed by atoms with E-state index in [1.54, 1.807) is 6.92 Å². The van der Waals surface area contributed by atoms with Crippen LogP contribution >= 0.6 is 0 Å². The van der Waals surface area contributed by atoms with Crippen molar-refractivity contribution in [2.45, 2.75) is 38.7 Å². The molecule has 0 aliphatic heterocycles. The van der Waals surface area contributed by atoms with Crippen LogP contribution in [0.3, 0.4) is 0 Å². The smallest absolute Gasteiger partial charge is 0.266 e. The van der Waals surface area contributed by atoms with Crippen molar-refractivity contribution in [2.24, 2.45) is 11.8 Å². The van der Waals surface area contributed by atoms with Crippen molar-refractivity contribution in [3.8, 4) is 0 Å². The van der Waals surface area contributed by atoms with Crippen molar-refractivity contribution in [3.05, 3.63) is 0 Å². The Bertz CT molecular complexity index is 283. The minimum Gasteiger partial charge on any atom is -0.266 e. The van der Waals surface area contributed by atoms with Crippen LogP contribution in [-0.4, -0.2) is 20.3 Å². The second-order valence-corrected chi connectivity index (χ2v) is 6.04. The Kier molecular flexibility index (Phi) is 2.36. The quantitative estimate of drug-likeness (QED) is 0.655. The van der Waals surface area contributed by atoms with Gasteiger partial charge in [0.15, 0.2) is 0 Å². The predicted octanol–water partition coefficient (Wildman–Crippen LogP) is 1.54. The van der Waals surface area contributed by atoms with E-state index in [-0.39, 0.29) is 11.9 Å². The zero-order chi connectivity index (χ0) is 9.47. The lowest BCUT2D eigenvalue weighted by Gasteiger charge is -2.20. The average Bonchev–Trinajstić information content (AvgIpc) is 2.64. The fourth-order valence-corrected chi connectivity index (χ4v) is 3.31. The number of fused-ring (bicyclic) bond motifs is 2. The van der Waals surface area contributed by atoms with E-state index in [0.29, 0.717) is 5.92 Å². The minimum absolute atomic E-state index is 0.00343. The van der Waals surface area contributed by atoms with E-state index >= 15 is 0 Å². The summed E-state index contributed by atoms with van der Waals surface area (Å²) < 4.78 is 27.6. The first-order valence-corrected chi connectivity index (χ1v) is 6.59. The van der Waals surface area contributed by atoms with Crippen LogP contribution in [0.5, 0.6) is 0 Å². The van der Waals surface area contributed by atoms with Crippen molar-refractivity contribution in [3.63, 3.8) is 0 Å². The number of hydrogen-bond acceptors (Lipinski definition) is 3. The summed E-state index contributed by atoms with van der Waals surface area (Å²) in [6.45, 7) is 1.63. The third kappa shape index (κ3) is 1.89. The molecular formula is C9H16O3S. The maximum atomic E-state index is 11.2. The number of rotatable bonds is 3. The van der Waals surface area contributed by atoms with Crippen LogP contribution in [0.4, 0.5) is 0 Å². The van der Waals surface area contributed by atoms with Crippen molar-refractivity contribution in [2.75, 3.05) is 5.75 Å². The fraction of sp³-hybridized carbons (Fsp3) is 1.00. The summed E-state index contributed by atoms with van der Waals surface area (Å²) in [6.07, 6.45) is 4.59. The second kappa shape index (κ2) is 3.24. The van der Waals surface area contributed by atoms with Gasteiger partial charge >= 0.3 is 0 Å². The molecule has 0 aromatic rings. The highest BCUT2D eigenvalue weighted by atomic mass is 32.2. The van der Waals surface area contributed by atoms with Gasteiger partial charge in [0.05, 0.1) is 11.9 Å². The van der Waals surface area contributed by atoms with Crippen molar-refractivity contribution in [1.29, 1.82) is 0 Å². The van der Waals surface area contributed by atoms with Crippen LogP contribution in [0.15, 0.2) is 0 Å². The fourth-order valence-electron chi connectivity index (χ4n) is 2.56. The maximum Gasteiger partial charge on any atom is 0.267 e. The molecule has 3 atom stereocenters. The van der Waals surface area contributed by atoms with E-state index in [2.05, 4.69) is 0 Å². The molecule has 0 amide bonds. The Morgan fingerprint density at radius 3 is 2.54 bits per heavy atom. The van der Waals surface area contributed by atoms with E-state index in [1.165, 1.54) is 12.8 Å². The summed E-state index contributed by atoms with van der Waals surface area (Å²) in [5.74, 6) is 1.36. The highest BCUT2D eigenvalue weighted by molar-refractivity contribution is 7.86. The molecule has 0 spiro atoms. The lowest BCUT2D eigenvalue weighted by molar-refractivity contribution is 0.146. The largest absolute Gasteiger partial charge is 0.267 e. The molecule has 2 aliphatic carbocycles. The van der Waals surface area contributed by atoms with Gasteiger partial charge in [-0.3, -0.25) is 4.18 Å². The van der Waals surface area contributed by atoms with Gasteiger partial charge in [-0.15, -0.1) is 0 Å². The molecule has 2 rings (SSSR count). The molecule has 0 aromatic carbocycles. The summed E-state index contributed by atoms with van der Waals surface area (Å²) in [6, 6.07) is 0. The lowest BCUT2D eigenvalue weighted by atomic mass is 9.98. The first kappa shape index (κ1) is 9.46. The highest BCUT2D eigenvalue weighted by Gasteiger charge is 2.41. The van der Waals surface area contributed by atoms with Crippen LogP contribution in [-0.2, 0) is 14.3 Å². The summed E-state index contributed by atoms with van der Waals surface area (Å²) >= 11 is 0. The molecule has 0 radical (unpaired) electrons. The molecule has 0 heterocycles. The topological polar surface area (TPSA) is 43.4 Å². The third-order valence-electron chi connectivity index (χ3n) is 3.30. The van der Waals surface area contributed by atoms with Crippen molar-refractivity contribution >= 4 is 10.1 Å². The highest BCUT2D eigenvalue weighted by Crippen LogP contribution is 2.46. The first-order valence-electron chi connectivity index (χ1n) is 5.01. The van der Waals surface area contributed by atoms with Gasteiger partial charge in [-0.05, 0) is 44.4 Å². The molecule has 2 aliphatic rings. The van der Waals surface area contributed by atoms with Gasteiger partial charge in [-0.25, -0.2) is 0 Å². The molecule has 4 heteroatoms. The normalized spacial score (nSPS) is 38.4. The van der Waals surface area contributed by atoms with E-state index in [4.69, 9.17) is 4.18 Å². The summed E-state index contributed by atoms with van der Waals surface area (Å²) in [5.41, 5.74) is 0. The van der Waals surface area contributed by atoms with Crippen molar-refractivity contribution < 1.29 is 12.6 Å². The molecule has 76 valence electrons. The second-order valence-electron chi connectivity index (χ2n) is 4.16. The third-order valence-corrected chi connectivity index (χ3v) is 4.54. The molecule has 0 saturated heterocycles. The first-order chi connectivity index (χ1) is 6.11. The summed E-state index contributed by atoms with van der Waals surface area (Å²) in [7, 11) is -3.23. The Balaban J connectivity index is 1.97. The molecule has 2 bridgehead atoms. The van der Waals surface area contributed by atoms with Gasteiger partial charge in [-0.2, -0.15) is 8.42 Å². The zero-order valence-electron chi connectivity index (χ0n) is 7.90. The molecule has 0 N–H and O–H groups in total. The molecule has 2 saturated carbocycles. The van der Waals surface area contributed by atoms with Crippen LogP contribution in [0.1, 0.15) is 32.6 Å². The van der Waals surface area contributed by atoms with Gasteiger partial charge in [0, 0.05) is 0 Å². The Morgan fingerprint density at radius 2 is 2.08 bits per heavy atom. The molecule has 3 nitrogen and oxygen atoms in total. The van der Waals surface area contributed by atoms with Gasteiger partial charge < -0.3 is 0 Å². The molecule has 2 fully saturated rings. The molecular weight excluding hydrogens is 188 g/mol. The lowest BCUT2D eigenvalue weighted by Crippen LogP contribution is -2.24. The Morgan fingerprint density at radius 1 is 1.31 bits per heavy atom. The molecule has 3 unspecified atom stereocenters. The predicted molar refractivity (Wildman–Crippen MR) is 49.8 cm³/mol. The monoisotopic (exact) mass is 204 g/mol. The SMILES string of the molecule is CCS(=O)(=O)OC1CC2CCC1C2. The van der Waals surface area contributed by atoms with Crippen LogP contribution in [0.2, 0.25) is 0 Å². The summed E-state index contributed by atoms with van der Waals surface area (Å²) in [4.78, 5) is 0. The van der Waals surface area contributed by atoms with E-state index in [0.717, 1.165) is 18.8 Å². The molecule has 13 heavy (non-hydrogen) atoms. The minimum atomic E-state index is -3.23. The van der Waals surface area contributed by atoms with Crippen molar-refractivity contribution in [1.82, 2.24) is 0 Å². The van der Waals surface area contributed by atoms with Gasteiger partial charge in [0.2, 0.25) is 0 Å². The van der Waals surface area contributed by atoms with Crippen LogP contribution < -0.4 is 0 Å². The molecule has 0 aromatic heterocycles. The van der Waals surface area contributed by atoms with E-state index in [9.17, 15) is 8.42 Å². The standard InChI is InChI=1S/C9H16O3S/c1-2-13(10,11)12-9-6-7-3-4-8(9)5-7/h7-9H,2-6H2,1H3. The Hall–Kier alpha value is -0.0900. The van der Waals surface area contributed by atoms with Gasteiger partial charge in [0.25, 0.3) is 10.1 Å². The average molecular weight is 204 g/mol. The van der Waals surface area contributed by atoms with E-state index in [1.807, 2.05) is 0 Å². The zero-order valence-corrected chi connectivity index (χ0v) is 8.72. The van der Waals surface area contributed by atoms with Gasteiger partial charge in [0.1, 0.15) is 0 Å². The Labute approximate surface area is 79.6 Å². The number of hydrogen-bond donors (Lipinski definition) is 0. The van der Waals surface area contributed by atoms with E-state index < -0.39 is 10.1 Å². The maximum absolute atomic E-state index is 11.2. The summed E-state index contributed by atoms with van der Waals surface area (Å²) in [5, 5.41) is 0. The van der Waals surface area contributed by atoms with Crippen LogP contribution in [0.25, 0.3) is 0 Å². The van der Waals surface area contributed by atoms with Gasteiger partial charge in [-0.1, -0.05) is 0 Å².